The van der Waals surface area contributed by atoms with Crippen molar-refractivity contribution in [3.63, 3.8) is 0 Å². The lowest BCUT2D eigenvalue weighted by molar-refractivity contribution is -0.144. The molecule has 0 bridgehead atoms. The molecule has 2 saturated heterocycles. The number of piperidine rings is 1. The zero-order chi connectivity index (χ0) is 37.3. The van der Waals surface area contributed by atoms with Crippen LogP contribution in [0.1, 0.15) is 65.5 Å². The Kier molecular flexibility index (Phi) is 12.8. The predicted molar refractivity (Wildman–Crippen MR) is 202 cm³/mol. The van der Waals surface area contributed by atoms with Gasteiger partial charge in [-0.25, -0.2) is 4.39 Å². The molecule has 9 nitrogen and oxygen atoms in total. The molecule has 0 spiro atoms. The van der Waals surface area contributed by atoms with Gasteiger partial charge in [0.1, 0.15) is 48.7 Å². The van der Waals surface area contributed by atoms with E-state index in [0.29, 0.717) is 61.2 Å². The molecule has 2 aliphatic heterocycles. The van der Waals surface area contributed by atoms with Crippen molar-refractivity contribution in [3.05, 3.63) is 105 Å². The number of likely N-dealkylation sites (tertiary alicyclic amines) is 2. The predicted octanol–water partition coefficient (Wildman–Crippen LogP) is 8.30. The van der Waals surface area contributed by atoms with Crippen molar-refractivity contribution >= 4 is 17.6 Å². The van der Waals surface area contributed by atoms with Crippen LogP contribution in [0.5, 0.6) is 17.2 Å². The van der Waals surface area contributed by atoms with Gasteiger partial charge in [0.05, 0.1) is 17.2 Å². The molecule has 4 aromatic rings. The van der Waals surface area contributed by atoms with Gasteiger partial charge in [-0.1, -0.05) is 48.4 Å². The van der Waals surface area contributed by atoms with E-state index in [1.807, 2.05) is 29.2 Å². The van der Waals surface area contributed by atoms with Crippen LogP contribution >= 0.6 is 11.6 Å². The van der Waals surface area contributed by atoms with Crippen LogP contribution in [-0.2, 0) is 24.6 Å². The highest BCUT2D eigenvalue weighted by atomic mass is 35.5. The Balaban J connectivity index is 1.18. The molecule has 0 saturated carbocycles. The number of carbonyl (C=O) groups is 1. The molecule has 1 aromatic heterocycles. The van der Waals surface area contributed by atoms with Crippen LogP contribution in [0.2, 0.25) is 5.02 Å². The normalized spacial score (nSPS) is 17.7. The van der Waals surface area contributed by atoms with E-state index in [1.165, 1.54) is 6.20 Å². The Bertz CT molecular complexity index is 1950. The van der Waals surface area contributed by atoms with E-state index in [2.05, 4.69) is 41.9 Å². The van der Waals surface area contributed by atoms with Crippen molar-refractivity contribution in [1.29, 1.82) is 5.26 Å². The average Bonchev–Trinajstić information content (AvgIpc) is 3.58. The van der Waals surface area contributed by atoms with Gasteiger partial charge < -0.3 is 24.2 Å². The number of benzene rings is 3. The topological polar surface area (TPSA) is 108 Å². The minimum Gasteiger partial charge on any atom is -0.493 e. The lowest BCUT2D eigenvalue weighted by Gasteiger charge is -2.33. The Morgan fingerprint density at radius 2 is 1.74 bits per heavy atom. The van der Waals surface area contributed by atoms with Gasteiger partial charge in [0, 0.05) is 55.8 Å². The third kappa shape index (κ3) is 9.65. The van der Waals surface area contributed by atoms with Crippen LogP contribution in [-0.4, -0.2) is 70.9 Å². The average molecular weight is 741 g/mol. The molecule has 1 N–H and O–H groups in total. The lowest BCUT2D eigenvalue weighted by Crippen LogP contribution is -2.44. The number of carboxylic acid groups (broad SMARTS) is 1. The molecule has 2 atom stereocenters. The third-order valence-corrected chi connectivity index (χ3v) is 10.5. The zero-order valence-electron chi connectivity index (χ0n) is 30.3. The van der Waals surface area contributed by atoms with Gasteiger partial charge >= 0.3 is 5.97 Å². The number of ether oxygens (including phenoxy) is 3. The van der Waals surface area contributed by atoms with E-state index < -0.39 is 18.2 Å². The number of carboxylic acids is 1. The van der Waals surface area contributed by atoms with Gasteiger partial charge in [0.25, 0.3) is 0 Å². The van der Waals surface area contributed by atoms with Crippen molar-refractivity contribution in [1.82, 2.24) is 14.8 Å². The SMILES string of the molecule is Cc1c(COc2cc(OCc3cncc(C#N)c3)c(CN3CCCCC3C(=O)O)cc2Cl)cccc1-c1cccc(OCCCN2CCC(F)C2)c1C. The molecule has 6 rings (SSSR count). The van der Waals surface area contributed by atoms with Gasteiger partial charge in [-0.05, 0) is 92.1 Å². The molecular weight excluding hydrogens is 695 g/mol. The number of rotatable bonds is 15. The number of hydrogen-bond donors (Lipinski definition) is 1. The number of nitriles is 1. The van der Waals surface area contributed by atoms with Gasteiger partial charge in [0.15, 0.2) is 0 Å². The van der Waals surface area contributed by atoms with Crippen molar-refractivity contribution in [2.24, 2.45) is 0 Å². The first-order valence-electron chi connectivity index (χ1n) is 18.3. The Morgan fingerprint density at radius 1 is 0.943 bits per heavy atom. The van der Waals surface area contributed by atoms with Gasteiger partial charge in [-0.3, -0.25) is 14.7 Å². The summed E-state index contributed by atoms with van der Waals surface area (Å²) in [5, 5.41) is 19.6. The van der Waals surface area contributed by atoms with Crippen LogP contribution < -0.4 is 14.2 Å². The number of halogens is 2. The molecular formula is C42H46ClFN4O5. The first kappa shape index (κ1) is 38.0. The fourth-order valence-electron chi connectivity index (χ4n) is 7.22. The molecule has 2 unspecified atom stereocenters. The molecule has 0 aliphatic carbocycles. The van der Waals surface area contributed by atoms with E-state index in [9.17, 15) is 19.6 Å². The van der Waals surface area contributed by atoms with Crippen LogP contribution in [0.4, 0.5) is 4.39 Å². The monoisotopic (exact) mass is 740 g/mol. The highest BCUT2D eigenvalue weighted by molar-refractivity contribution is 6.32. The molecule has 3 heterocycles. The zero-order valence-corrected chi connectivity index (χ0v) is 31.1. The molecule has 0 amide bonds. The van der Waals surface area contributed by atoms with Gasteiger partial charge in [0.2, 0.25) is 0 Å². The van der Waals surface area contributed by atoms with Crippen molar-refractivity contribution in [2.45, 2.75) is 77.9 Å². The number of aromatic nitrogens is 1. The van der Waals surface area contributed by atoms with Crippen LogP contribution in [0, 0.1) is 25.2 Å². The number of alkyl halides is 1. The number of pyridine rings is 1. The van der Waals surface area contributed by atoms with Crippen molar-refractivity contribution < 1.29 is 28.5 Å². The molecule has 2 fully saturated rings. The summed E-state index contributed by atoms with van der Waals surface area (Å²) in [7, 11) is 0. The van der Waals surface area contributed by atoms with Crippen LogP contribution in [0.15, 0.2) is 67.0 Å². The van der Waals surface area contributed by atoms with E-state index in [1.54, 1.807) is 24.4 Å². The summed E-state index contributed by atoms with van der Waals surface area (Å²) >= 11 is 6.85. The standard InChI is InChI=1S/C42H46ClFN4O5/c1-28-32(8-5-9-35(28)36-10-6-12-39(29(36)2)51-17-7-14-47-16-13-34(44)25-47)27-53-41-20-40(52-26-31-18-30(21-45)22-46-23-31)33(19-37(41)43)24-48-15-4-3-11-38(48)42(49)50/h5-6,8-10,12,18-20,22-23,34,38H,3-4,7,11,13-17,24-27H2,1-2H3,(H,49,50). The summed E-state index contributed by atoms with van der Waals surface area (Å²) in [6, 6.07) is 19.1. The van der Waals surface area contributed by atoms with Crippen molar-refractivity contribution in [2.75, 3.05) is 32.8 Å². The van der Waals surface area contributed by atoms with Crippen LogP contribution in [0.3, 0.4) is 0 Å². The van der Waals surface area contributed by atoms with E-state index in [4.69, 9.17) is 25.8 Å². The maximum Gasteiger partial charge on any atom is 0.320 e. The molecule has 278 valence electrons. The third-order valence-electron chi connectivity index (χ3n) is 10.2. The second-order valence-corrected chi connectivity index (χ2v) is 14.3. The maximum atomic E-state index is 13.5. The molecule has 11 heteroatoms. The minimum atomic E-state index is -0.837. The molecule has 2 aliphatic rings. The number of hydrogen-bond acceptors (Lipinski definition) is 8. The summed E-state index contributed by atoms with van der Waals surface area (Å²) in [5.41, 5.74) is 7.17. The second-order valence-electron chi connectivity index (χ2n) is 13.9. The fourth-order valence-corrected chi connectivity index (χ4v) is 7.46. The van der Waals surface area contributed by atoms with Crippen LogP contribution in [0.25, 0.3) is 11.1 Å². The summed E-state index contributed by atoms with van der Waals surface area (Å²) < 4.78 is 32.4. The van der Waals surface area contributed by atoms with Crippen molar-refractivity contribution in [3.8, 4) is 34.4 Å². The largest absolute Gasteiger partial charge is 0.493 e. The Labute approximate surface area is 315 Å². The quantitative estimate of drug-likeness (QED) is 0.121. The maximum absolute atomic E-state index is 13.5. The fraction of sp³-hybridized carbons (Fsp3) is 0.405. The summed E-state index contributed by atoms with van der Waals surface area (Å²) in [4.78, 5) is 20.3. The lowest BCUT2D eigenvalue weighted by atomic mass is 9.93. The molecule has 53 heavy (non-hydrogen) atoms. The van der Waals surface area contributed by atoms with Gasteiger partial charge in [-0.2, -0.15) is 5.26 Å². The first-order chi connectivity index (χ1) is 25.7. The second kappa shape index (κ2) is 17.9. The Hall–Kier alpha value is -4.69. The highest BCUT2D eigenvalue weighted by Crippen LogP contribution is 2.37. The van der Waals surface area contributed by atoms with E-state index >= 15 is 0 Å². The summed E-state index contributed by atoms with van der Waals surface area (Å²) in [6.07, 6.45) is 6.26. The molecule has 3 aromatic carbocycles. The number of aliphatic carboxylic acids is 1. The van der Waals surface area contributed by atoms with Gasteiger partial charge in [-0.15, -0.1) is 0 Å². The van der Waals surface area contributed by atoms with E-state index in [-0.39, 0.29) is 13.2 Å². The Morgan fingerprint density at radius 3 is 2.51 bits per heavy atom. The van der Waals surface area contributed by atoms with E-state index in [0.717, 1.165) is 77.0 Å². The molecule has 0 radical (unpaired) electrons. The minimum absolute atomic E-state index is 0.153. The summed E-state index contributed by atoms with van der Waals surface area (Å²) in [5.74, 6) is 0.958. The highest BCUT2D eigenvalue weighted by Gasteiger charge is 2.29. The smallest absolute Gasteiger partial charge is 0.320 e. The number of nitrogens with zero attached hydrogens (tertiary/aromatic N) is 4. The first-order valence-corrected chi connectivity index (χ1v) is 18.6. The summed E-state index contributed by atoms with van der Waals surface area (Å²) in [6.45, 7) is 8.29.